The van der Waals surface area contributed by atoms with Crippen LogP contribution in [0.25, 0.3) is 0 Å². The van der Waals surface area contributed by atoms with E-state index in [-0.39, 0.29) is 0 Å². The average Bonchev–Trinajstić information content (AvgIpc) is 2.46. The first-order valence-corrected chi connectivity index (χ1v) is 6.66. The summed E-state index contributed by atoms with van der Waals surface area (Å²) >= 11 is 6.17. The van der Waals surface area contributed by atoms with Gasteiger partial charge in [0.15, 0.2) is 11.5 Å². The Bertz CT molecular complexity index is 487. The highest BCUT2D eigenvalue weighted by atomic mass is 35.5. The summed E-state index contributed by atoms with van der Waals surface area (Å²) in [5, 5.41) is 6.95. The Labute approximate surface area is 116 Å². The zero-order chi connectivity index (χ0) is 13.1. The minimum Gasteiger partial charge on any atom is -0.486 e. The summed E-state index contributed by atoms with van der Waals surface area (Å²) < 4.78 is 16.3. The number of rotatable bonds is 2. The molecular weight excluding hydrogens is 268 g/mol. The van der Waals surface area contributed by atoms with Crippen LogP contribution in [0.2, 0.25) is 5.02 Å². The van der Waals surface area contributed by atoms with Crippen molar-refractivity contribution in [2.24, 2.45) is 5.10 Å². The van der Waals surface area contributed by atoms with Gasteiger partial charge < -0.3 is 14.2 Å². The zero-order valence-corrected chi connectivity index (χ0v) is 11.2. The van der Waals surface area contributed by atoms with Crippen LogP contribution < -0.4 is 9.47 Å². The highest BCUT2D eigenvalue weighted by molar-refractivity contribution is 6.32. The van der Waals surface area contributed by atoms with E-state index < -0.39 is 0 Å². The van der Waals surface area contributed by atoms with E-state index in [4.69, 9.17) is 25.8 Å². The summed E-state index contributed by atoms with van der Waals surface area (Å²) in [5.74, 6) is 1.30. The molecule has 1 saturated heterocycles. The van der Waals surface area contributed by atoms with E-state index in [1.807, 2.05) is 17.1 Å². The van der Waals surface area contributed by atoms with Gasteiger partial charge in [-0.1, -0.05) is 11.6 Å². The maximum absolute atomic E-state index is 6.17. The van der Waals surface area contributed by atoms with Crippen molar-refractivity contribution < 1.29 is 14.2 Å². The molecule has 19 heavy (non-hydrogen) atoms. The molecular formula is C13H15ClN2O3. The normalized spacial score (nSPS) is 18.9. The van der Waals surface area contributed by atoms with Crippen molar-refractivity contribution in [1.29, 1.82) is 0 Å². The molecule has 0 aromatic heterocycles. The Balaban J connectivity index is 1.77. The highest BCUT2D eigenvalue weighted by Crippen LogP contribution is 2.37. The van der Waals surface area contributed by atoms with Crippen LogP contribution in [0.15, 0.2) is 17.2 Å². The summed E-state index contributed by atoms with van der Waals surface area (Å²) in [6.45, 7) is 4.16. The second-order valence-corrected chi connectivity index (χ2v) is 4.74. The van der Waals surface area contributed by atoms with Gasteiger partial charge in [0.25, 0.3) is 0 Å². The smallest absolute Gasteiger partial charge is 0.179 e. The molecule has 6 heteroatoms. The molecule has 2 aliphatic heterocycles. The molecule has 0 aliphatic carbocycles. The number of halogens is 1. The maximum atomic E-state index is 6.17. The number of hydrazone groups is 1. The van der Waals surface area contributed by atoms with Crippen LogP contribution in [0.5, 0.6) is 11.5 Å². The molecule has 0 saturated carbocycles. The van der Waals surface area contributed by atoms with Crippen LogP contribution in [0.4, 0.5) is 0 Å². The zero-order valence-electron chi connectivity index (χ0n) is 10.5. The first kappa shape index (κ1) is 12.6. The molecule has 2 heterocycles. The Morgan fingerprint density at radius 2 is 1.89 bits per heavy atom. The molecule has 0 amide bonds. The average molecular weight is 283 g/mol. The number of nitrogens with zero attached hydrogens (tertiary/aromatic N) is 2. The lowest BCUT2D eigenvalue weighted by Gasteiger charge is -2.23. The minimum absolute atomic E-state index is 0.536. The number of hydrogen-bond donors (Lipinski definition) is 0. The first-order chi connectivity index (χ1) is 9.33. The van der Waals surface area contributed by atoms with Gasteiger partial charge in [0, 0.05) is 0 Å². The van der Waals surface area contributed by atoms with Gasteiger partial charge >= 0.3 is 0 Å². The van der Waals surface area contributed by atoms with Crippen molar-refractivity contribution in [2.45, 2.75) is 0 Å². The van der Waals surface area contributed by atoms with Crippen LogP contribution in [0.3, 0.4) is 0 Å². The lowest BCUT2D eigenvalue weighted by molar-refractivity contribution is 0.0397. The Hall–Kier alpha value is -1.46. The summed E-state index contributed by atoms with van der Waals surface area (Å²) in [6, 6.07) is 3.73. The van der Waals surface area contributed by atoms with Gasteiger partial charge in [-0.2, -0.15) is 5.10 Å². The van der Waals surface area contributed by atoms with Crippen LogP contribution in [-0.2, 0) is 4.74 Å². The van der Waals surface area contributed by atoms with E-state index in [1.165, 1.54) is 0 Å². The van der Waals surface area contributed by atoms with E-state index in [0.29, 0.717) is 29.7 Å². The highest BCUT2D eigenvalue weighted by Gasteiger charge is 2.16. The van der Waals surface area contributed by atoms with E-state index in [0.717, 1.165) is 31.9 Å². The Morgan fingerprint density at radius 1 is 1.11 bits per heavy atom. The van der Waals surface area contributed by atoms with Crippen LogP contribution >= 0.6 is 11.6 Å². The molecule has 0 spiro atoms. The molecule has 0 radical (unpaired) electrons. The van der Waals surface area contributed by atoms with Crippen LogP contribution in [-0.4, -0.2) is 50.7 Å². The summed E-state index contributed by atoms with van der Waals surface area (Å²) in [7, 11) is 0. The molecule has 0 bridgehead atoms. The molecule has 1 aromatic carbocycles. The molecule has 1 fully saturated rings. The molecule has 3 rings (SSSR count). The van der Waals surface area contributed by atoms with E-state index in [2.05, 4.69) is 5.10 Å². The van der Waals surface area contributed by atoms with Gasteiger partial charge in [-0.25, -0.2) is 0 Å². The quantitative estimate of drug-likeness (QED) is 0.776. The van der Waals surface area contributed by atoms with Crippen molar-refractivity contribution in [2.75, 3.05) is 39.5 Å². The van der Waals surface area contributed by atoms with Crippen molar-refractivity contribution in [1.82, 2.24) is 5.01 Å². The van der Waals surface area contributed by atoms with E-state index >= 15 is 0 Å². The van der Waals surface area contributed by atoms with Crippen LogP contribution in [0.1, 0.15) is 5.56 Å². The van der Waals surface area contributed by atoms with E-state index in [1.54, 1.807) is 6.21 Å². The molecule has 0 atom stereocenters. The van der Waals surface area contributed by atoms with Crippen molar-refractivity contribution in [3.63, 3.8) is 0 Å². The summed E-state index contributed by atoms with van der Waals surface area (Å²) in [5.41, 5.74) is 0.903. The third kappa shape index (κ3) is 2.93. The van der Waals surface area contributed by atoms with Gasteiger partial charge in [-0.3, -0.25) is 5.01 Å². The fraction of sp³-hybridized carbons (Fsp3) is 0.462. The molecule has 0 unspecified atom stereocenters. The Morgan fingerprint density at radius 3 is 2.74 bits per heavy atom. The third-order valence-electron chi connectivity index (χ3n) is 2.98. The fourth-order valence-corrected chi connectivity index (χ4v) is 2.30. The predicted molar refractivity (Wildman–Crippen MR) is 72.4 cm³/mol. The standard InChI is InChI=1S/C13H15ClN2O3/c14-11-7-10(8-12-13(11)19-6-5-18-12)9-15-16-1-3-17-4-2-16/h7-9H,1-6H2/b15-9-. The van der Waals surface area contributed by atoms with E-state index in [9.17, 15) is 0 Å². The lowest BCUT2D eigenvalue weighted by atomic mass is 10.2. The van der Waals surface area contributed by atoms with Gasteiger partial charge in [0.1, 0.15) is 13.2 Å². The molecule has 5 nitrogen and oxygen atoms in total. The first-order valence-electron chi connectivity index (χ1n) is 6.29. The van der Waals surface area contributed by atoms with Gasteiger partial charge in [-0.05, 0) is 17.7 Å². The summed E-state index contributed by atoms with van der Waals surface area (Å²) in [6.07, 6.45) is 1.79. The van der Waals surface area contributed by atoms with Crippen molar-refractivity contribution >= 4 is 17.8 Å². The van der Waals surface area contributed by atoms with Gasteiger partial charge in [-0.15, -0.1) is 0 Å². The van der Waals surface area contributed by atoms with Crippen molar-refractivity contribution in [3.05, 3.63) is 22.7 Å². The number of fused-ring (bicyclic) bond motifs is 1. The van der Waals surface area contributed by atoms with Gasteiger partial charge in [0.2, 0.25) is 0 Å². The fourth-order valence-electron chi connectivity index (χ4n) is 2.02. The Kier molecular flexibility index (Phi) is 3.75. The molecule has 1 aromatic rings. The maximum Gasteiger partial charge on any atom is 0.179 e. The number of morpholine rings is 1. The number of hydrogen-bond acceptors (Lipinski definition) is 5. The minimum atomic E-state index is 0.536. The molecule has 0 N–H and O–H groups in total. The number of benzene rings is 1. The SMILES string of the molecule is Clc1cc(/C=N\N2CCOCC2)cc2c1OCCO2. The van der Waals surface area contributed by atoms with Gasteiger partial charge in [0.05, 0.1) is 37.5 Å². The predicted octanol–water partition coefficient (Wildman–Crippen LogP) is 1.78. The monoisotopic (exact) mass is 282 g/mol. The summed E-state index contributed by atoms with van der Waals surface area (Å²) in [4.78, 5) is 0. The number of ether oxygens (including phenoxy) is 3. The topological polar surface area (TPSA) is 43.3 Å². The van der Waals surface area contributed by atoms with Crippen LogP contribution in [0, 0.1) is 0 Å². The van der Waals surface area contributed by atoms with Crippen molar-refractivity contribution in [3.8, 4) is 11.5 Å². The second kappa shape index (κ2) is 5.67. The largest absolute Gasteiger partial charge is 0.486 e. The molecule has 102 valence electrons. The second-order valence-electron chi connectivity index (χ2n) is 4.34. The lowest BCUT2D eigenvalue weighted by Crippen LogP contribution is -2.32. The molecule has 2 aliphatic rings. The third-order valence-corrected chi connectivity index (χ3v) is 3.26.